The van der Waals surface area contributed by atoms with E-state index in [4.69, 9.17) is 9.47 Å². The molecule has 6 heteroatoms. The Kier molecular flexibility index (Phi) is 3.71. The van der Waals surface area contributed by atoms with Gasteiger partial charge in [-0.15, -0.1) is 0 Å². The van der Waals surface area contributed by atoms with Crippen LogP contribution in [-0.2, 0) is 11.3 Å². The summed E-state index contributed by atoms with van der Waals surface area (Å²) in [4.78, 5) is 16.9. The summed E-state index contributed by atoms with van der Waals surface area (Å²) >= 11 is 1.52. The Morgan fingerprint density at radius 3 is 2.76 bits per heavy atom. The van der Waals surface area contributed by atoms with Crippen LogP contribution >= 0.6 is 11.3 Å². The fourth-order valence-electron chi connectivity index (χ4n) is 2.21. The van der Waals surface area contributed by atoms with Crippen molar-refractivity contribution in [3.63, 3.8) is 0 Å². The number of hydrogen-bond acceptors (Lipinski definition) is 4. The Morgan fingerprint density at radius 1 is 1.38 bits per heavy atom. The van der Waals surface area contributed by atoms with Gasteiger partial charge in [-0.05, 0) is 6.42 Å². The van der Waals surface area contributed by atoms with Gasteiger partial charge in [0.2, 0.25) is 6.79 Å². The van der Waals surface area contributed by atoms with Gasteiger partial charge in [0.1, 0.15) is 0 Å². The molecule has 0 bridgehead atoms. The lowest BCUT2D eigenvalue weighted by atomic mass is 10.2. The van der Waals surface area contributed by atoms with E-state index in [1.807, 2.05) is 26.0 Å². The molecule has 0 aliphatic carbocycles. The average Bonchev–Trinajstić information content (AvgIpc) is 3.01. The van der Waals surface area contributed by atoms with Crippen LogP contribution < -0.4 is 14.3 Å². The number of amides is 1. The van der Waals surface area contributed by atoms with E-state index in [9.17, 15) is 4.79 Å². The lowest BCUT2D eigenvalue weighted by molar-refractivity contribution is -0.120. The van der Waals surface area contributed by atoms with Crippen LogP contribution in [0.1, 0.15) is 27.2 Å². The maximum atomic E-state index is 11.9. The standard InChI is InChI=1S/C15H18N2O3S/c1-4-5-17-10-6-11-12(20-8-19-11)7-13(10)21-15(17)16-14(18)9(2)3/h6-7,9H,4-5,8H2,1-3H3. The third-order valence-corrected chi connectivity index (χ3v) is 4.37. The number of fused-ring (bicyclic) bond motifs is 2. The molecule has 2 aromatic rings. The molecule has 1 aromatic carbocycles. The van der Waals surface area contributed by atoms with E-state index in [-0.39, 0.29) is 18.6 Å². The van der Waals surface area contributed by atoms with Crippen LogP contribution in [0.4, 0.5) is 0 Å². The maximum absolute atomic E-state index is 11.9. The summed E-state index contributed by atoms with van der Waals surface area (Å²) in [6.07, 6.45) is 0.976. The minimum Gasteiger partial charge on any atom is -0.454 e. The first-order chi connectivity index (χ1) is 10.1. The summed E-state index contributed by atoms with van der Waals surface area (Å²) in [5, 5.41) is 0. The van der Waals surface area contributed by atoms with Gasteiger partial charge in [-0.3, -0.25) is 4.79 Å². The highest BCUT2D eigenvalue weighted by atomic mass is 32.1. The Hall–Kier alpha value is -1.82. The monoisotopic (exact) mass is 306 g/mol. The van der Waals surface area contributed by atoms with Gasteiger partial charge in [0.25, 0.3) is 5.91 Å². The zero-order valence-corrected chi connectivity index (χ0v) is 13.2. The maximum Gasteiger partial charge on any atom is 0.250 e. The molecule has 3 rings (SSSR count). The van der Waals surface area contributed by atoms with Crippen molar-refractivity contribution in [2.24, 2.45) is 10.9 Å². The van der Waals surface area contributed by atoms with Gasteiger partial charge in [-0.25, -0.2) is 0 Å². The summed E-state index contributed by atoms with van der Waals surface area (Å²) in [5.74, 6) is 1.33. The topological polar surface area (TPSA) is 52.8 Å². The number of ether oxygens (including phenoxy) is 2. The molecule has 1 aliphatic heterocycles. The highest BCUT2D eigenvalue weighted by Gasteiger charge is 2.18. The molecule has 0 atom stereocenters. The lowest BCUT2D eigenvalue weighted by Gasteiger charge is -2.04. The molecular weight excluding hydrogens is 288 g/mol. The van der Waals surface area contributed by atoms with E-state index >= 15 is 0 Å². The number of hydrogen-bond donors (Lipinski definition) is 0. The number of aromatic nitrogens is 1. The van der Waals surface area contributed by atoms with Crippen molar-refractivity contribution >= 4 is 27.5 Å². The zero-order chi connectivity index (χ0) is 15.0. The first kappa shape index (κ1) is 14.1. The van der Waals surface area contributed by atoms with Crippen molar-refractivity contribution in [3.8, 4) is 11.5 Å². The molecule has 0 spiro atoms. The first-order valence-corrected chi connectivity index (χ1v) is 7.93. The van der Waals surface area contributed by atoms with Crippen molar-refractivity contribution in [1.29, 1.82) is 0 Å². The third-order valence-electron chi connectivity index (χ3n) is 3.32. The summed E-state index contributed by atoms with van der Waals surface area (Å²) in [6.45, 7) is 6.92. The predicted octanol–water partition coefficient (Wildman–Crippen LogP) is 2.92. The van der Waals surface area contributed by atoms with Crippen LogP contribution in [-0.4, -0.2) is 17.3 Å². The van der Waals surface area contributed by atoms with Crippen molar-refractivity contribution in [1.82, 2.24) is 4.57 Å². The molecule has 2 heterocycles. The lowest BCUT2D eigenvalue weighted by Crippen LogP contribution is -2.18. The van der Waals surface area contributed by atoms with E-state index in [0.717, 1.165) is 39.5 Å². The molecule has 0 fully saturated rings. The third kappa shape index (κ3) is 2.55. The quantitative estimate of drug-likeness (QED) is 0.876. The zero-order valence-electron chi connectivity index (χ0n) is 12.4. The molecule has 1 aromatic heterocycles. The van der Waals surface area contributed by atoms with Crippen molar-refractivity contribution in [3.05, 3.63) is 16.9 Å². The normalized spacial score (nSPS) is 14.4. The Balaban J connectivity index is 2.20. The Bertz CT molecular complexity index is 758. The summed E-state index contributed by atoms with van der Waals surface area (Å²) in [5.41, 5.74) is 1.04. The first-order valence-electron chi connectivity index (χ1n) is 7.11. The molecule has 0 radical (unpaired) electrons. The largest absolute Gasteiger partial charge is 0.454 e. The minimum atomic E-state index is -0.0954. The van der Waals surface area contributed by atoms with Crippen molar-refractivity contribution < 1.29 is 14.3 Å². The van der Waals surface area contributed by atoms with E-state index in [2.05, 4.69) is 16.5 Å². The summed E-state index contributed by atoms with van der Waals surface area (Å²) < 4.78 is 14.0. The van der Waals surface area contributed by atoms with Crippen LogP contribution in [0.3, 0.4) is 0 Å². The smallest absolute Gasteiger partial charge is 0.250 e. The van der Waals surface area contributed by atoms with Gasteiger partial charge in [0, 0.05) is 24.6 Å². The molecule has 1 aliphatic rings. The van der Waals surface area contributed by atoms with Crippen LogP contribution in [0.25, 0.3) is 10.2 Å². The van der Waals surface area contributed by atoms with Crippen LogP contribution in [0.2, 0.25) is 0 Å². The molecular formula is C15H18N2O3S. The second-order valence-electron chi connectivity index (χ2n) is 5.31. The number of nitrogens with zero attached hydrogens (tertiary/aromatic N) is 2. The fraction of sp³-hybridized carbons (Fsp3) is 0.467. The number of thiazole rings is 1. The van der Waals surface area contributed by atoms with Gasteiger partial charge < -0.3 is 14.0 Å². The SMILES string of the molecule is CCCn1c(=NC(=O)C(C)C)sc2cc3c(cc21)OCO3. The van der Waals surface area contributed by atoms with Gasteiger partial charge in [0.05, 0.1) is 10.2 Å². The number of carbonyl (C=O) groups is 1. The van der Waals surface area contributed by atoms with E-state index in [1.54, 1.807) is 0 Å². The van der Waals surface area contributed by atoms with E-state index in [1.165, 1.54) is 11.3 Å². The number of benzene rings is 1. The molecule has 21 heavy (non-hydrogen) atoms. The molecule has 0 N–H and O–H groups in total. The molecule has 112 valence electrons. The van der Waals surface area contributed by atoms with Crippen LogP contribution in [0.15, 0.2) is 17.1 Å². The highest BCUT2D eigenvalue weighted by molar-refractivity contribution is 7.16. The van der Waals surface area contributed by atoms with E-state index < -0.39 is 0 Å². The molecule has 1 amide bonds. The molecule has 0 saturated carbocycles. The average molecular weight is 306 g/mol. The van der Waals surface area contributed by atoms with Gasteiger partial charge in [0.15, 0.2) is 16.3 Å². The van der Waals surface area contributed by atoms with Gasteiger partial charge in [-0.1, -0.05) is 32.1 Å². The number of carbonyl (C=O) groups excluding carboxylic acids is 1. The number of aryl methyl sites for hydroxylation is 1. The second kappa shape index (κ2) is 5.52. The summed E-state index contributed by atoms with van der Waals surface area (Å²) in [7, 11) is 0. The minimum absolute atomic E-state index is 0.0912. The number of rotatable bonds is 3. The van der Waals surface area contributed by atoms with Crippen molar-refractivity contribution in [2.45, 2.75) is 33.7 Å². The Morgan fingerprint density at radius 2 is 2.10 bits per heavy atom. The predicted molar refractivity (Wildman–Crippen MR) is 81.6 cm³/mol. The fourth-order valence-corrected chi connectivity index (χ4v) is 3.28. The summed E-state index contributed by atoms with van der Waals surface area (Å²) in [6, 6.07) is 3.94. The molecule has 0 saturated heterocycles. The van der Waals surface area contributed by atoms with Crippen LogP contribution in [0, 0.1) is 5.92 Å². The van der Waals surface area contributed by atoms with Gasteiger partial charge in [-0.2, -0.15) is 4.99 Å². The van der Waals surface area contributed by atoms with E-state index in [0.29, 0.717) is 0 Å². The Labute approximate surface area is 126 Å². The van der Waals surface area contributed by atoms with Crippen LogP contribution in [0.5, 0.6) is 11.5 Å². The molecule has 5 nitrogen and oxygen atoms in total. The highest BCUT2D eigenvalue weighted by Crippen LogP contribution is 2.37. The van der Waals surface area contributed by atoms with Crippen molar-refractivity contribution in [2.75, 3.05) is 6.79 Å². The van der Waals surface area contributed by atoms with Gasteiger partial charge >= 0.3 is 0 Å². The molecule has 0 unspecified atom stereocenters. The second-order valence-corrected chi connectivity index (χ2v) is 6.32.